The molecular formula is C74H136N2O7P+. The lowest BCUT2D eigenvalue weighted by atomic mass is 10.0. The van der Waals surface area contributed by atoms with Crippen molar-refractivity contribution in [3.63, 3.8) is 0 Å². The number of nitrogens with zero attached hydrogens (tertiary/aromatic N) is 1. The Hall–Kier alpha value is -2.81. The lowest BCUT2D eigenvalue weighted by Gasteiger charge is -2.27. The number of esters is 1. The van der Waals surface area contributed by atoms with Gasteiger partial charge >= 0.3 is 13.8 Å². The van der Waals surface area contributed by atoms with Gasteiger partial charge in [0.15, 0.2) is 0 Å². The fourth-order valence-electron chi connectivity index (χ4n) is 10.1. The van der Waals surface area contributed by atoms with E-state index >= 15 is 0 Å². The lowest BCUT2D eigenvalue weighted by Crippen LogP contribution is -2.47. The molecule has 0 spiro atoms. The average Bonchev–Trinajstić information content (AvgIpc) is 3.64. The molecule has 0 heterocycles. The molecule has 10 heteroatoms. The Labute approximate surface area is 520 Å². The zero-order chi connectivity index (χ0) is 61.4. The van der Waals surface area contributed by atoms with Crippen LogP contribution in [0.15, 0.2) is 85.1 Å². The molecule has 0 saturated carbocycles. The van der Waals surface area contributed by atoms with Crippen molar-refractivity contribution in [2.45, 2.75) is 335 Å². The number of phosphoric ester groups is 1. The molecule has 0 saturated heterocycles. The summed E-state index contributed by atoms with van der Waals surface area (Å²) in [5.74, 6) is -0.514. The number of hydrogen-bond acceptors (Lipinski definition) is 6. The van der Waals surface area contributed by atoms with Crippen LogP contribution in [-0.4, -0.2) is 74.3 Å². The summed E-state index contributed by atoms with van der Waals surface area (Å²) in [6.07, 6.45) is 84.5. The molecule has 0 bridgehead atoms. The van der Waals surface area contributed by atoms with Gasteiger partial charge < -0.3 is 19.4 Å². The topological polar surface area (TPSA) is 111 Å². The van der Waals surface area contributed by atoms with Crippen LogP contribution in [0.3, 0.4) is 0 Å². The maximum absolute atomic E-state index is 13.6. The number of ether oxygens (including phenoxy) is 1. The fraction of sp³-hybridized carbons (Fsp3) is 0.784. The van der Waals surface area contributed by atoms with Crippen LogP contribution < -0.4 is 5.32 Å². The Bertz CT molecular complexity index is 1710. The van der Waals surface area contributed by atoms with E-state index in [1.54, 1.807) is 0 Å². The van der Waals surface area contributed by atoms with Crippen molar-refractivity contribution in [1.82, 2.24) is 5.32 Å². The molecular weight excluding hydrogens is 1060 g/mol. The molecule has 0 aliphatic carbocycles. The zero-order valence-corrected chi connectivity index (χ0v) is 56.8. The van der Waals surface area contributed by atoms with Gasteiger partial charge in [0.1, 0.15) is 19.3 Å². The van der Waals surface area contributed by atoms with Crippen molar-refractivity contribution in [1.29, 1.82) is 0 Å². The minimum Gasteiger partial charge on any atom is -0.456 e. The van der Waals surface area contributed by atoms with E-state index in [9.17, 15) is 19.0 Å². The van der Waals surface area contributed by atoms with E-state index in [2.05, 4.69) is 99.0 Å². The third-order valence-electron chi connectivity index (χ3n) is 15.6. The standard InChI is InChI=1S/C74H135N2O7P/c1-7-10-13-16-19-22-25-28-30-32-34-35-36-37-38-39-40-41-43-44-46-48-51-54-57-60-63-66-73(77)75-71(70-82-84(79,80)81-69-68-76(4,5)6)72(65-62-59-56-53-50-27-24-21-18-15-12-9-3)83-74(78)67-64-61-58-55-52-49-47-45-42-33-31-29-26-23-20-17-14-11-8-2/h19-20,22-23,28-31,34-35,42,45,62,65,71-72H,7-18,21,24-27,32-33,36-41,43-44,46-61,63-64,66-70H2,1-6H3,(H-,75,77,79,80)/p+1/b22-19-,23-20-,30-28-,31-29-,35-34-,45-42-,65-62-. The fourth-order valence-corrected chi connectivity index (χ4v) is 10.8. The smallest absolute Gasteiger partial charge is 0.456 e. The maximum atomic E-state index is 13.6. The molecule has 0 radical (unpaired) electrons. The van der Waals surface area contributed by atoms with Crippen LogP contribution in [0.25, 0.3) is 0 Å². The first-order valence-electron chi connectivity index (χ1n) is 35.4. The molecule has 2 N–H and O–H groups in total. The second-order valence-corrected chi connectivity index (χ2v) is 26.5. The molecule has 0 aromatic rings. The molecule has 0 aliphatic rings. The number of carbonyl (C=O) groups excluding carboxylic acids is 2. The molecule has 0 rings (SSSR count). The van der Waals surface area contributed by atoms with Gasteiger partial charge in [-0.15, -0.1) is 0 Å². The average molecular weight is 1200 g/mol. The first kappa shape index (κ1) is 81.2. The Kier molecular flexibility index (Phi) is 61.1. The predicted octanol–water partition coefficient (Wildman–Crippen LogP) is 22.5. The Morgan fingerprint density at radius 1 is 0.417 bits per heavy atom. The molecule has 0 aromatic heterocycles. The Morgan fingerprint density at radius 2 is 0.726 bits per heavy atom. The Balaban J connectivity index is 5.06. The molecule has 84 heavy (non-hydrogen) atoms. The summed E-state index contributed by atoms with van der Waals surface area (Å²) in [6, 6.07) is -0.858. The summed E-state index contributed by atoms with van der Waals surface area (Å²) >= 11 is 0. The van der Waals surface area contributed by atoms with Crippen LogP contribution in [0.2, 0.25) is 0 Å². The molecule has 488 valence electrons. The highest BCUT2D eigenvalue weighted by Crippen LogP contribution is 2.43. The highest BCUT2D eigenvalue weighted by atomic mass is 31.2. The second kappa shape index (κ2) is 63.2. The molecule has 0 aromatic carbocycles. The highest BCUT2D eigenvalue weighted by Gasteiger charge is 2.30. The van der Waals surface area contributed by atoms with E-state index in [1.807, 2.05) is 33.3 Å². The van der Waals surface area contributed by atoms with Crippen LogP contribution in [0.4, 0.5) is 0 Å². The normalized spacial score (nSPS) is 14.0. The Morgan fingerprint density at radius 3 is 1.11 bits per heavy atom. The SMILES string of the molecule is CCCCC/C=C\C/C=C\C/C=C\CCCCCCCCCCCCCCCCC(=O)NC(COP(=O)(O)OCC[N+](C)(C)C)C(/C=C\CCCCCCCCCCCC)OC(=O)CCCCCCCC/C=C\C/C=C\C/C=C\CCCCC. The van der Waals surface area contributed by atoms with Gasteiger partial charge in [-0.2, -0.15) is 0 Å². The highest BCUT2D eigenvalue weighted by molar-refractivity contribution is 7.47. The van der Waals surface area contributed by atoms with Gasteiger partial charge in [0.05, 0.1) is 33.8 Å². The molecule has 3 unspecified atom stereocenters. The summed E-state index contributed by atoms with van der Waals surface area (Å²) in [7, 11) is 1.49. The molecule has 3 atom stereocenters. The number of likely N-dealkylation sites (N-methyl/N-ethyl adjacent to an activating group) is 1. The number of hydrogen-bond donors (Lipinski definition) is 2. The van der Waals surface area contributed by atoms with E-state index in [1.165, 1.54) is 193 Å². The minimum absolute atomic E-state index is 0.0356. The van der Waals surface area contributed by atoms with E-state index in [0.717, 1.165) is 96.3 Å². The van der Waals surface area contributed by atoms with Crippen molar-refractivity contribution >= 4 is 19.7 Å². The van der Waals surface area contributed by atoms with Gasteiger partial charge in [-0.1, -0.05) is 286 Å². The van der Waals surface area contributed by atoms with Crippen molar-refractivity contribution in [2.24, 2.45) is 0 Å². The lowest BCUT2D eigenvalue weighted by molar-refractivity contribution is -0.870. The van der Waals surface area contributed by atoms with Gasteiger partial charge in [-0.3, -0.25) is 18.6 Å². The molecule has 1 amide bonds. The number of unbranched alkanes of at least 4 members (excludes halogenated alkanes) is 36. The van der Waals surface area contributed by atoms with E-state index in [4.69, 9.17) is 13.8 Å². The quantitative estimate of drug-likeness (QED) is 0.0205. The second-order valence-electron chi connectivity index (χ2n) is 25.0. The largest absolute Gasteiger partial charge is 0.472 e. The monoisotopic (exact) mass is 1200 g/mol. The number of phosphoric acid groups is 1. The number of rotatable bonds is 64. The van der Waals surface area contributed by atoms with E-state index in [-0.39, 0.29) is 31.5 Å². The zero-order valence-electron chi connectivity index (χ0n) is 55.9. The van der Waals surface area contributed by atoms with Gasteiger partial charge in [0, 0.05) is 12.8 Å². The van der Waals surface area contributed by atoms with Crippen LogP contribution >= 0.6 is 7.82 Å². The van der Waals surface area contributed by atoms with E-state index < -0.39 is 20.0 Å². The summed E-state index contributed by atoms with van der Waals surface area (Å²) in [5.41, 5.74) is 0. The molecule has 9 nitrogen and oxygen atoms in total. The van der Waals surface area contributed by atoms with Crippen LogP contribution in [0.5, 0.6) is 0 Å². The van der Waals surface area contributed by atoms with Gasteiger partial charge in [0.25, 0.3) is 0 Å². The van der Waals surface area contributed by atoms with Crippen molar-refractivity contribution in [3.8, 4) is 0 Å². The predicted molar refractivity (Wildman–Crippen MR) is 364 cm³/mol. The van der Waals surface area contributed by atoms with Gasteiger partial charge in [-0.05, 0) is 109 Å². The first-order chi connectivity index (χ1) is 40.9. The molecule has 0 fully saturated rings. The third-order valence-corrected chi connectivity index (χ3v) is 16.5. The van der Waals surface area contributed by atoms with Gasteiger partial charge in [0.2, 0.25) is 5.91 Å². The van der Waals surface area contributed by atoms with Crippen LogP contribution in [0, 0.1) is 0 Å². The summed E-state index contributed by atoms with van der Waals surface area (Å²) in [4.78, 5) is 37.9. The first-order valence-corrected chi connectivity index (χ1v) is 36.9. The van der Waals surface area contributed by atoms with Crippen molar-refractivity contribution in [2.75, 3.05) is 40.9 Å². The number of allylic oxidation sites excluding steroid dienone is 13. The third kappa shape index (κ3) is 63.7. The van der Waals surface area contributed by atoms with Gasteiger partial charge in [-0.25, -0.2) is 4.57 Å². The number of quaternary nitrogens is 1. The number of amides is 1. The molecule has 0 aliphatic heterocycles. The summed E-state index contributed by atoms with van der Waals surface area (Å²) in [5, 5.41) is 3.07. The van der Waals surface area contributed by atoms with E-state index in [0.29, 0.717) is 17.4 Å². The van der Waals surface area contributed by atoms with Crippen molar-refractivity contribution < 1.29 is 37.3 Å². The summed E-state index contributed by atoms with van der Waals surface area (Å²) < 4.78 is 30.8. The number of carbonyl (C=O) groups is 2. The number of nitrogens with one attached hydrogen (secondary N) is 1. The van der Waals surface area contributed by atoms with Crippen molar-refractivity contribution in [3.05, 3.63) is 85.1 Å². The van der Waals surface area contributed by atoms with Crippen LogP contribution in [0.1, 0.15) is 323 Å². The van der Waals surface area contributed by atoms with Crippen LogP contribution in [-0.2, 0) is 27.9 Å². The minimum atomic E-state index is -4.46. The maximum Gasteiger partial charge on any atom is 0.472 e. The summed E-state index contributed by atoms with van der Waals surface area (Å²) in [6.45, 7) is 6.97.